The van der Waals surface area contributed by atoms with Crippen molar-refractivity contribution in [2.24, 2.45) is 0 Å². The fourth-order valence-electron chi connectivity index (χ4n) is 2.19. The zero-order valence-corrected chi connectivity index (χ0v) is 15.1. The van der Waals surface area contributed by atoms with Crippen LogP contribution in [0.25, 0.3) is 0 Å². The van der Waals surface area contributed by atoms with Crippen LogP contribution in [0.4, 0.5) is 0 Å². The van der Waals surface area contributed by atoms with E-state index in [1.807, 2.05) is 12.1 Å². The number of rotatable bonds is 7. The number of halogens is 1. The van der Waals surface area contributed by atoms with Gasteiger partial charge in [0.2, 0.25) is 10.0 Å². The summed E-state index contributed by atoms with van der Waals surface area (Å²) >= 11 is 5.76. The summed E-state index contributed by atoms with van der Waals surface area (Å²) in [5.74, 6) is 0.724. The molecule has 0 aliphatic carbocycles. The molecule has 0 fully saturated rings. The van der Waals surface area contributed by atoms with Crippen LogP contribution < -0.4 is 9.46 Å². The molecule has 1 unspecified atom stereocenters. The van der Waals surface area contributed by atoms with E-state index >= 15 is 0 Å². The molecule has 0 saturated carbocycles. The molecular formula is C17H20ClNO4S. The van der Waals surface area contributed by atoms with E-state index in [0.717, 1.165) is 11.3 Å². The zero-order chi connectivity index (χ0) is 17.8. The lowest BCUT2D eigenvalue weighted by Gasteiger charge is -2.24. The predicted octanol–water partition coefficient (Wildman–Crippen LogP) is 2.62. The van der Waals surface area contributed by atoms with E-state index in [9.17, 15) is 13.5 Å². The maximum atomic E-state index is 12.2. The van der Waals surface area contributed by atoms with Crippen LogP contribution in [0.15, 0.2) is 53.4 Å². The van der Waals surface area contributed by atoms with Crippen molar-refractivity contribution in [2.75, 3.05) is 13.7 Å². The van der Waals surface area contributed by atoms with E-state index < -0.39 is 15.6 Å². The van der Waals surface area contributed by atoms with Crippen LogP contribution in [0.1, 0.15) is 12.5 Å². The second-order valence-corrected chi connectivity index (χ2v) is 8.00. The number of aliphatic hydroxyl groups is 1. The Kier molecular flexibility index (Phi) is 5.87. The van der Waals surface area contributed by atoms with E-state index in [1.54, 1.807) is 26.2 Å². The Morgan fingerprint density at radius 2 is 1.71 bits per heavy atom. The molecule has 5 nitrogen and oxygen atoms in total. The summed E-state index contributed by atoms with van der Waals surface area (Å²) in [6.07, 6.45) is 0.306. The molecule has 2 N–H and O–H groups in total. The van der Waals surface area contributed by atoms with Gasteiger partial charge in [-0.2, -0.15) is 0 Å². The van der Waals surface area contributed by atoms with Crippen molar-refractivity contribution in [1.82, 2.24) is 4.72 Å². The number of hydrogen-bond acceptors (Lipinski definition) is 4. The van der Waals surface area contributed by atoms with Crippen molar-refractivity contribution in [3.05, 3.63) is 59.1 Å². The lowest BCUT2D eigenvalue weighted by molar-refractivity contribution is 0.0657. The van der Waals surface area contributed by atoms with Crippen LogP contribution in [0.2, 0.25) is 5.02 Å². The molecule has 0 spiro atoms. The molecule has 0 aliphatic heterocycles. The van der Waals surface area contributed by atoms with Crippen molar-refractivity contribution in [3.8, 4) is 5.75 Å². The minimum Gasteiger partial charge on any atom is -0.497 e. The summed E-state index contributed by atoms with van der Waals surface area (Å²) in [6.45, 7) is 1.48. The molecule has 130 valence electrons. The first-order valence-corrected chi connectivity index (χ1v) is 9.18. The summed E-state index contributed by atoms with van der Waals surface area (Å²) < 4.78 is 32.0. The van der Waals surface area contributed by atoms with Crippen molar-refractivity contribution in [1.29, 1.82) is 0 Å². The fraction of sp³-hybridized carbons (Fsp3) is 0.294. The quantitative estimate of drug-likeness (QED) is 0.786. The van der Waals surface area contributed by atoms with Gasteiger partial charge in [0.05, 0.1) is 17.6 Å². The van der Waals surface area contributed by atoms with Crippen molar-refractivity contribution < 1.29 is 18.3 Å². The number of sulfonamides is 1. The molecule has 1 atom stereocenters. The highest BCUT2D eigenvalue weighted by atomic mass is 35.5. The molecule has 2 rings (SSSR count). The molecule has 0 bridgehead atoms. The first kappa shape index (κ1) is 18.7. The van der Waals surface area contributed by atoms with Gasteiger partial charge in [0.1, 0.15) is 5.75 Å². The highest BCUT2D eigenvalue weighted by molar-refractivity contribution is 7.89. The van der Waals surface area contributed by atoms with Crippen molar-refractivity contribution >= 4 is 21.6 Å². The van der Waals surface area contributed by atoms with Gasteiger partial charge in [0, 0.05) is 18.0 Å². The molecule has 0 saturated heterocycles. The molecule has 0 aromatic heterocycles. The standard InChI is InChI=1S/C17H20ClNO4S/c1-17(20,11-13-3-7-15(23-2)8-4-13)12-19-24(21,22)16-9-5-14(18)6-10-16/h3-10,19-20H,11-12H2,1-2H3. The summed E-state index contributed by atoms with van der Waals surface area (Å²) in [5.41, 5.74) is -0.347. The Hall–Kier alpha value is -1.60. The monoisotopic (exact) mass is 369 g/mol. The Balaban J connectivity index is 2.01. The molecule has 2 aromatic carbocycles. The van der Waals surface area contributed by atoms with Gasteiger partial charge in [-0.3, -0.25) is 0 Å². The van der Waals surface area contributed by atoms with Crippen LogP contribution >= 0.6 is 11.6 Å². The minimum atomic E-state index is -3.70. The summed E-state index contributed by atoms with van der Waals surface area (Å²) in [7, 11) is -2.12. The van der Waals surface area contributed by atoms with E-state index in [0.29, 0.717) is 11.4 Å². The fourth-order valence-corrected chi connectivity index (χ4v) is 3.48. The van der Waals surface area contributed by atoms with Crippen LogP contribution in [0, 0.1) is 0 Å². The third-order valence-corrected chi connectivity index (χ3v) is 5.18. The van der Waals surface area contributed by atoms with E-state index in [4.69, 9.17) is 16.3 Å². The van der Waals surface area contributed by atoms with Crippen LogP contribution in [0.3, 0.4) is 0 Å². The summed E-state index contributed by atoms with van der Waals surface area (Å²) in [5, 5.41) is 10.9. The molecule has 7 heteroatoms. The molecule has 0 radical (unpaired) electrons. The van der Waals surface area contributed by atoms with Gasteiger partial charge in [-0.05, 0) is 48.9 Å². The van der Waals surface area contributed by atoms with Crippen LogP contribution in [-0.2, 0) is 16.4 Å². The molecular weight excluding hydrogens is 350 g/mol. The Morgan fingerprint density at radius 3 is 2.25 bits per heavy atom. The summed E-state index contributed by atoms with van der Waals surface area (Å²) in [6, 6.07) is 13.1. The van der Waals surface area contributed by atoms with E-state index in [1.165, 1.54) is 24.3 Å². The van der Waals surface area contributed by atoms with Crippen LogP contribution in [-0.4, -0.2) is 32.8 Å². The van der Waals surface area contributed by atoms with Gasteiger partial charge < -0.3 is 9.84 Å². The minimum absolute atomic E-state index is 0.104. The lowest BCUT2D eigenvalue weighted by Crippen LogP contribution is -2.42. The predicted molar refractivity (Wildman–Crippen MR) is 94.0 cm³/mol. The van der Waals surface area contributed by atoms with E-state index in [2.05, 4.69) is 4.72 Å². The van der Waals surface area contributed by atoms with Gasteiger partial charge >= 0.3 is 0 Å². The second-order valence-electron chi connectivity index (χ2n) is 5.80. The molecule has 2 aromatic rings. The molecule has 0 amide bonds. The molecule has 0 aliphatic rings. The number of ether oxygens (including phenoxy) is 1. The maximum absolute atomic E-state index is 12.2. The number of methoxy groups -OCH3 is 1. The first-order chi connectivity index (χ1) is 11.2. The maximum Gasteiger partial charge on any atom is 0.240 e. The number of nitrogens with one attached hydrogen (secondary N) is 1. The SMILES string of the molecule is COc1ccc(CC(C)(O)CNS(=O)(=O)c2ccc(Cl)cc2)cc1. The number of benzene rings is 2. The third kappa shape index (κ3) is 5.21. The first-order valence-electron chi connectivity index (χ1n) is 7.32. The molecule has 24 heavy (non-hydrogen) atoms. The second kappa shape index (κ2) is 7.53. The van der Waals surface area contributed by atoms with Gasteiger partial charge in [-0.15, -0.1) is 0 Å². The lowest BCUT2D eigenvalue weighted by atomic mass is 9.97. The average Bonchev–Trinajstić information content (AvgIpc) is 2.54. The highest BCUT2D eigenvalue weighted by Crippen LogP contribution is 2.18. The van der Waals surface area contributed by atoms with E-state index in [-0.39, 0.29) is 11.4 Å². The van der Waals surface area contributed by atoms with Crippen LogP contribution in [0.5, 0.6) is 5.75 Å². The Labute approximate surface area is 147 Å². The topological polar surface area (TPSA) is 75.6 Å². The van der Waals surface area contributed by atoms with Gasteiger partial charge in [-0.25, -0.2) is 13.1 Å². The highest BCUT2D eigenvalue weighted by Gasteiger charge is 2.24. The summed E-state index contributed by atoms with van der Waals surface area (Å²) in [4.78, 5) is 0.104. The largest absolute Gasteiger partial charge is 0.497 e. The van der Waals surface area contributed by atoms with Crippen molar-refractivity contribution in [3.63, 3.8) is 0 Å². The third-order valence-electron chi connectivity index (χ3n) is 3.51. The van der Waals surface area contributed by atoms with Gasteiger partial charge in [0.25, 0.3) is 0 Å². The zero-order valence-electron chi connectivity index (χ0n) is 13.5. The normalized spacial score (nSPS) is 14.2. The Bertz CT molecular complexity index is 771. The average molecular weight is 370 g/mol. The van der Waals surface area contributed by atoms with Crippen molar-refractivity contribution in [2.45, 2.75) is 23.8 Å². The van der Waals surface area contributed by atoms with Gasteiger partial charge in [0.15, 0.2) is 0 Å². The smallest absolute Gasteiger partial charge is 0.240 e. The number of hydrogen-bond donors (Lipinski definition) is 2. The Morgan fingerprint density at radius 1 is 1.12 bits per heavy atom. The molecule has 0 heterocycles. The van der Waals surface area contributed by atoms with Gasteiger partial charge in [-0.1, -0.05) is 23.7 Å².